The van der Waals surface area contributed by atoms with Gasteiger partial charge in [-0.15, -0.1) is 11.3 Å². The van der Waals surface area contributed by atoms with Crippen LogP contribution in [0.2, 0.25) is 0 Å². The summed E-state index contributed by atoms with van der Waals surface area (Å²) in [6, 6.07) is 5.70. The van der Waals surface area contributed by atoms with E-state index in [1.165, 1.54) is 29.5 Å². The van der Waals surface area contributed by atoms with Gasteiger partial charge in [-0.3, -0.25) is 19.7 Å². The average Bonchev–Trinajstić information content (AvgIpc) is 3.13. The van der Waals surface area contributed by atoms with Crippen LogP contribution in [0.3, 0.4) is 0 Å². The maximum absolute atomic E-state index is 13.0. The second-order valence-corrected chi connectivity index (χ2v) is 8.56. The van der Waals surface area contributed by atoms with E-state index in [4.69, 9.17) is 0 Å². The van der Waals surface area contributed by atoms with Crippen LogP contribution in [0.5, 0.6) is 0 Å². The molecular weight excluding hydrogens is 392 g/mol. The maximum Gasteiger partial charge on any atom is 0.270 e. The molecule has 0 unspecified atom stereocenters. The molecule has 0 spiro atoms. The molecule has 1 N–H and O–H groups in total. The zero-order valence-electron chi connectivity index (χ0n) is 17.0. The number of aromatic nitrogens is 1. The number of nitrogens with one attached hydrogen (secondary N) is 1. The molecule has 1 aromatic heterocycles. The molecule has 0 aliphatic heterocycles. The van der Waals surface area contributed by atoms with Gasteiger partial charge in [-0.2, -0.15) is 0 Å². The molecule has 0 bridgehead atoms. The van der Waals surface area contributed by atoms with Gasteiger partial charge in [0.05, 0.1) is 11.5 Å². The number of thiazole rings is 1. The topological polar surface area (TPSA) is 105 Å². The first-order valence-corrected chi connectivity index (χ1v) is 10.3. The zero-order valence-corrected chi connectivity index (χ0v) is 17.9. The van der Waals surface area contributed by atoms with E-state index in [0.717, 1.165) is 0 Å². The summed E-state index contributed by atoms with van der Waals surface area (Å²) < 4.78 is 0. The number of benzene rings is 1. The van der Waals surface area contributed by atoms with Crippen LogP contribution < -0.4 is 5.32 Å². The third-order valence-corrected chi connectivity index (χ3v) is 4.79. The van der Waals surface area contributed by atoms with E-state index in [2.05, 4.69) is 10.3 Å². The summed E-state index contributed by atoms with van der Waals surface area (Å²) in [7, 11) is 0. The van der Waals surface area contributed by atoms with Gasteiger partial charge in [0.2, 0.25) is 0 Å². The Kier molecular flexibility index (Phi) is 7.83. The number of hydrogen-bond acceptors (Lipinski definition) is 6. The van der Waals surface area contributed by atoms with Crippen LogP contribution in [-0.2, 0) is 6.54 Å². The summed E-state index contributed by atoms with van der Waals surface area (Å²) in [6.07, 6.45) is 0. The van der Waals surface area contributed by atoms with Crippen LogP contribution in [-0.4, -0.2) is 39.7 Å². The van der Waals surface area contributed by atoms with Crippen molar-refractivity contribution >= 4 is 28.8 Å². The summed E-state index contributed by atoms with van der Waals surface area (Å²) in [5, 5.41) is 16.1. The van der Waals surface area contributed by atoms with E-state index in [-0.39, 0.29) is 35.5 Å². The van der Waals surface area contributed by atoms with Crippen molar-refractivity contribution in [3.05, 3.63) is 56.0 Å². The summed E-state index contributed by atoms with van der Waals surface area (Å²) in [6.45, 7) is 9.27. The summed E-state index contributed by atoms with van der Waals surface area (Å²) >= 11 is 1.31. The van der Waals surface area contributed by atoms with E-state index in [0.29, 0.717) is 29.7 Å². The molecule has 156 valence electrons. The predicted octanol–water partition coefficient (Wildman–Crippen LogP) is 3.74. The monoisotopic (exact) mass is 418 g/mol. The summed E-state index contributed by atoms with van der Waals surface area (Å²) in [4.78, 5) is 41.6. The molecule has 0 radical (unpaired) electrons. The maximum atomic E-state index is 13.0. The van der Waals surface area contributed by atoms with Crippen molar-refractivity contribution in [2.75, 3.05) is 13.1 Å². The minimum Gasteiger partial charge on any atom is -0.350 e. The first-order valence-electron chi connectivity index (χ1n) is 9.43. The fourth-order valence-electron chi connectivity index (χ4n) is 2.63. The van der Waals surface area contributed by atoms with Gasteiger partial charge in [0, 0.05) is 36.2 Å². The lowest BCUT2D eigenvalue weighted by Crippen LogP contribution is -2.34. The highest BCUT2D eigenvalue weighted by Crippen LogP contribution is 2.19. The predicted molar refractivity (Wildman–Crippen MR) is 112 cm³/mol. The first-order chi connectivity index (χ1) is 13.7. The Balaban J connectivity index is 2.17. The number of carbonyl (C=O) groups is 2. The number of rotatable bonds is 9. The van der Waals surface area contributed by atoms with E-state index in [1.807, 2.05) is 27.7 Å². The molecule has 29 heavy (non-hydrogen) atoms. The van der Waals surface area contributed by atoms with Gasteiger partial charge < -0.3 is 10.2 Å². The molecule has 2 amide bonds. The largest absolute Gasteiger partial charge is 0.350 e. The average molecular weight is 419 g/mol. The molecule has 0 aliphatic rings. The molecule has 1 aromatic carbocycles. The number of non-ortho nitro benzene ring substituents is 1. The Morgan fingerprint density at radius 3 is 2.59 bits per heavy atom. The van der Waals surface area contributed by atoms with E-state index >= 15 is 0 Å². The third kappa shape index (κ3) is 6.63. The molecule has 0 saturated carbocycles. The first kappa shape index (κ1) is 22.5. The summed E-state index contributed by atoms with van der Waals surface area (Å²) in [5.41, 5.74) is 0.461. The minimum atomic E-state index is -0.521. The molecule has 0 atom stereocenters. The molecule has 8 nitrogen and oxygen atoms in total. The molecule has 0 aliphatic carbocycles. The van der Waals surface area contributed by atoms with Crippen molar-refractivity contribution in [1.82, 2.24) is 15.2 Å². The van der Waals surface area contributed by atoms with Gasteiger partial charge in [-0.05, 0) is 17.9 Å². The van der Waals surface area contributed by atoms with Gasteiger partial charge in [0.25, 0.3) is 17.5 Å². The van der Waals surface area contributed by atoms with E-state index < -0.39 is 4.92 Å². The number of nitro benzene ring substituents is 1. The molecule has 1 heterocycles. The fourth-order valence-corrected chi connectivity index (χ4v) is 3.42. The number of nitrogens with zero attached hydrogens (tertiary/aromatic N) is 3. The number of carbonyl (C=O) groups excluding carboxylic acids is 2. The zero-order chi connectivity index (χ0) is 21.6. The van der Waals surface area contributed by atoms with Crippen molar-refractivity contribution in [2.45, 2.75) is 34.2 Å². The van der Waals surface area contributed by atoms with Crippen molar-refractivity contribution < 1.29 is 14.5 Å². The lowest BCUT2D eigenvalue weighted by atomic mass is 10.1. The summed E-state index contributed by atoms with van der Waals surface area (Å²) in [5.74, 6) is 0.00240. The lowest BCUT2D eigenvalue weighted by molar-refractivity contribution is -0.384. The van der Waals surface area contributed by atoms with E-state index in [1.54, 1.807) is 16.3 Å². The number of amides is 2. The van der Waals surface area contributed by atoms with E-state index in [9.17, 15) is 19.7 Å². The van der Waals surface area contributed by atoms with Gasteiger partial charge >= 0.3 is 0 Å². The van der Waals surface area contributed by atoms with Crippen LogP contribution in [0.4, 0.5) is 5.69 Å². The Labute approximate surface area is 174 Å². The van der Waals surface area contributed by atoms with Gasteiger partial charge in [-0.1, -0.05) is 33.8 Å². The Morgan fingerprint density at radius 1 is 1.24 bits per heavy atom. The molecular formula is C20H26N4O4S. The molecule has 2 rings (SSSR count). The quantitative estimate of drug-likeness (QED) is 0.493. The van der Waals surface area contributed by atoms with Crippen LogP contribution in [0.25, 0.3) is 0 Å². The van der Waals surface area contributed by atoms with Crippen molar-refractivity contribution in [3.8, 4) is 0 Å². The Bertz CT molecular complexity index is 879. The SMILES string of the molecule is CC(C)CNC(=O)c1csc(CN(CC(C)C)C(=O)c2cccc([N+](=O)[O-])c2)n1. The molecule has 0 fully saturated rings. The second kappa shape index (κ2) is 10.1. The third-order valence-electron chi connectivity index (χ3n) is 3.96. The van der Waals surface area contributed by atoms with Crippen LogP contribution in [0.1, 0.15) is 53.5 Å². The van der Waals surface area contributed by atoms with Crippen molar-refractivity contribution in [3.63, 3.8) is 0 Å². The van der Waals surface area contributed by atoms with Crippen LogP contribution >= 0.6 is 11.3 Å². The molecule has 2 aromatic rings. The number of nitro groups is 1. The van der Waals surface area contributed by atoms with Crippen molar-refractivity contribution in [2.24, 2.45) is 11.8 Å². The van der Waals surface area contributed by atoms with Crippen LogP contribution in [0.15, 0.2) is 29.6 Å². The highest BCUT2D eigenvalue weighted by Gasteiger charge is 2.21. The number of hydrogen-bond donors (Lipinski definition) is 1. The lowest BCUT2D eigenvalue weighted by Gasteiger charge is -2.23. The Morgan fingerprint density at radius 2 is 1.97 bits per heavy atom. The highest BCUT2D eigenvalue weighted by atomic mass is 32.1. The van der Waals surface area contributed by atoms with Gasteiger partial charge in [0.1, 0.15) is 10.7 Å². The van der Waals surface area contributed by atoms with Crippen LogP contribution in [0, 0.1) is 22.0 Å². The molecule has 9 heteroatoms. The smallest absolute Gasteiger partial charge is 0.270 e. The highest BCUT2D eigenvalue weighted by molar-refractivity contribution is 7.09. The standard InChI is InChI=1S/C20H26N4O4S/c1-13(2)9-21-19(25)17-12-29-18(22-17)11-23(10-14(3)4)20(26)15-6-5-7-16(8-15)24(27)28/h5-8,12-14H,9-11H2,1-4H3,(H,21,25). The van der Waals surface area contributed by atoms with Crippen molar-refractivity contribution in [1.29, 1.82) is 0 Å². The Hall–Kier alpha value is -2.81. The minimum absolute atomic E-state index is 0.126. The van der Waals surface area contributed by atoms with Gasteiger partial charge in [-0.25, -0.2) is 4.98 Å². The van der Waals surface area contributed by atoms with Gasteiger partial charge in [0.15, 0.2) is 0 Å². The fraction of sp³-hybridized carbons (Fsp3) is 0.450. The normalized spacial score (nSPS) is 11.0. The second-order valence-electron chi connectivity index (χ2n) is 7.62. The molecule has 0 saturated heterocycles.